The lowest BCUT2D eigenvalue weighted by Crippen LogP contribution is -2.00. The number of rotatable bonds is 5. The third-order valence-electron chi connectivity index (χ3n) is 5.74. The molecule has 0 amide bonds. The smallest absolute Gasteiger partial charge is 0.221 e. The molecule has 4 heterocycles. The average molecular weight is 444 g/mol. The maximum atomic E-state index is 6.28. The highest BCUT2D eigenvalue weighted by Gasteiger charge is 2.14. The molecule has 34 heavy (non-hydrogen) atoms. The van der Waals surface area contributed by atoms with E-state index in [1.165, 1.54) is 0 Å². The standard InChI is InChI=1S/C28H21N5O/c1-19(2)24-16-20(32-15-7-14-30-32)17-28(31-24)34-21-11-12-23-22-8-3-4-9-25(22)33(26(23)18-21)27-10-5-6-13-29-27/h3-18H,1H2,2H3. The Morgan fingerprint density at radius 2 is 1.71 bits per heavy atom. The number of hydrogen-bond acceptors (Lipinski definition) is 4. The van der Waals surface area contributed by atoms with Gasteiger partial charge in [-0.15, -0.1) is 0 Å². The predicted octanol–water partition coefficient (Wildman–Crippen LogP) is 6.58. The molecular weight excluding hydrogens is 422 g/mol. The zero-order valence-corrected chi connectivity index (χ0v) is 18.6. The van der Waals surface area contributed by atoms with Gasteiger partial charge in [0.1, 0.15) is 11.6 Å². The first-order valence-corrected chi connectivity index (χ1v) is 11.0. The molecule has 0 aliphatic heterocycles. The van der Waals surface area contributed by atoms with Crippen molar-refractivity contribution in [3.63, 3.8) is 0 Å². The second-order valence-electron chi connectivity index (χ2n) is 8.10. The molecule has 0 atom stereocenters. The topological polar surface area (TPSA) is 57.8 Å². The highest BCUT2D eigenvalue weighted by Crippen LogP contribution is 2.35. The van der Waals surface area contributed by atoms with E-state index in [0.717, 1.165) is 44.6 Å². The van der Waals surface area contributed by atoms with Gasteiger partial charge in [0.2, 0.25) is 5.88 Å². The van der Waals surface area contributed by atoms with Crippen LogP contribution < -0.4 is 4.74 Å². The Bertz CT molecular complexity index is 1650. The number of aromatic nitrogens is 5. The SMILES string of the molecule is C=C(C)c1cc(-n2cccn2)cc(Oc2ccc3c4ccccc4n(-c4ccccn4)c3c2)n1. The first kappa shape index (κ1) is 19.9. The summed E-state index contributed by atoms with van der Waals surface area (Å²) in [5.74, 6) is 2.02. The predicted molar refractivity (Wildman–Crippen MR) is 135 cm³/mol. The van der Waals surface area contributed by atoms with Gasteiger partial charge in [0.25, 0.3) is 0 Å². The van der Waals surface area contributed by atoms with Crippen LogP contribution in [-0.2, 0) is 0 Å². The Morgan fingerprint density at radius 1 is 0.853 bits per heavy atom. The summed E-state index contributed by atoms with van der Waals surface area (Å²) in [6.07, 6.45) is 5.44. The monoisotopic (exact) mass is 443 g/mol. The summed E-state index contributed by atoms with van der Waals surface area (Å²) in [6, 6.07) is 26.1. The van der Waals surface area contributed by atoms with E-state index in [1.807, 2.05) is 67.7 Å². The average Bonchev–Trinajstić information content (AvgIpc) is 3.51. The minimum atomic E-state index is 0.478. The van der Waals surface area contributed by atoms with Gasteiger partial charge < -0.3 is 4.74 Å². The molecule has 0 unspecified atom stereocenters. The third-order valence-corrected chi connectivity index (χ3v) is 5.74. The van der Waals surface area contributed by atoms with E-state index in [0.29, 0.717) is 11.6 Å². The molecule has 164 valence electrons. The normalized spacial score (nSPS) is 11.2. The molecule has 6 nitrogen and oxygen atoms in total. The Hall–Kier alpha value is -4.71. The zero-order chi connectivity index (χ0) is 23.1. The van der Waals surface area contributed by atoms with Crippen molar-refractivity contribution in [1.29, 1.82) is 0 Å². The fourth-order valence-corrected chi connectivity index (χ4v) is 4.18. The van der Waals surface area contributed by atoms with E-state index in [1.54, 1.807) is 17.1 Å². The van der Waals surface area contributed by atoms with Gasteiger partial charge in [-0.3, -0.25) is 4.57 Å². The van der Waals surface area contributed by atoms with Crippen LogP contribution in [0, 0.1) is 0 Å². The van der Waals surface area contributed by atoms with E-state index in [4.69, 9.17) is 4.74 Å². The van der Waals surface area contributed by atoms with Crippen LogP contribution in [0.2, 0.25) is 0 Å². The number of allylic oxidation sites excluding steroid dienone is 1. The molecule has 0 saturated carbocycles. The molecule has 0 N–H and O–H groups in total. The summed E-state index contributed by atoms with van der Waals surface area (Å²) in [7, 11) is 0. The van der Waals surface area contributed by atoms with E-state index in [2.05, 4.69) is 50.5 Å². The number of fused-ring (bicyclic) bond motifs is 3. The Kier molecular flexibility index (Phi) is 4.70. The summed E-state index contributed by atoms with van der Waals surface area (Å²) >= 11 is 0. The molecule has 0 bridgehead atoms. The molecule has 0 saturated heterocycles. The molecule has 6 aromatic rings. The van der Waals surface area contributed by atoms with Crippen LogP contribution in [-0.4, -0.2) is 24.3 Å². The van der Waals surface area contributed by atoms with Crippen LogP contribution in [0.3, 0.4) is 0 Å². The molecule has 4 aromatic heterocycles. The molecular formula is C28H21N5O. The van der Waals surface area contributed by atoms with Crippen molar-refractivity contribution in [1.82, 2.24) is 24.3 Å². The quantitative estimate of drug-likeness (QED) is 0.302. The third kappa shape index (κ3) is 3.42. The molecule has 0 radical (unpaired) electrons. The van der Waals surface area contributed by atoms with Crippen molar-refractivity contribution < 1.29 is 4.74 Å². The molecule has 0 aliphatic carbocycles. The van der Waals surface area contributed by atoms with E-state index >= 15 is 0 Å². The summed E-state index contributed by atoms with van der Waals surface area (Å²) in [4.78, 5) is 9.26. The Labute approximate surface area is 196 Å². The highest BCUT2D eigenvalue weighted by molar-refractivity contribution is 6.09. The van der Waals surface area contributed by atoms with Gasteiger partial charge in [-0.05, 0) is 55.0 Å². The van der Waals surface area contributed by atoms with Gasteiger partial charge in [-0.25, -0.2) is 14.6 Å². The van der Waals surface area contributed by atoms with Crippen LogP contribution in [0.15, 0.2) is 104 Å². The van der Waals surface area contributed by atoms with Crippen molar-refractivity contribution in [2.24, 2.45) is 0 Å². The van der Waals surface area contributed by atoms with Crippen LogP contribution in [0.5, 0.6) is 11.6 Å². The number of hydrogen-bond donors (Lipinski definition) is 0. The molecule has 6 heteroatoms. The summed E-state index contributed by atoms with van der Waals surface area (Å²) in [6.45, 7) is 5.98. The maximum absolute atomic E-state index is 6.28. The van der Waals surface area contributed by atoms with Gasteiger partial charge in [0, 0.05) is 41.5 Å². The summed E-state index contributed by atoms with van der Waals surface area (Å²) in [5, 5.41) is 6.64. The number of pyridine rings is 2. The van der Waals surface area contributed by atoms with Gasteiger partial charge in [0.15, 0.2) is 0 Å². The van der Waals surface area contributed by atoms with Crippen molar-refractivity contribution in [2.75, 3.05) is 0 Å². The van der Waals surface area contributed by atoms with Crippen molar-refractivity contribution in [3.05, 3.63) is 110 Å². The zero-order valence-electron chi connectivity index (χ0n) is 18.6. The Balaban J connectivity index is 1.49. The van der Waals surface area contributed by atoms with Gasteiger partial charge in [-0.2, -0.15) is 5.10 Å². The van der Waals surface area contributed by atoms with Crippen molar-refractivity contribution >= 4 is 27.4 Å². The fourth-order valence-electron chi connectivity index (χ4n) is 4.18. The van der Waals surface area contributed by atoms with E-state index in [-0.39, 0.29) is 0 Å². The number of ether oxygens (including phenoxy) is 1. The molecule has 0 spiro atoms. The van der Waals surface area contributed by atoms with E-state index < -0.39 is 0 Å². The molecule has 0 fully saturated rings. The largest absolute Gasteiger partial charge is 0.439 e. The summed E-state index contributed by atoms with van der Waals surface area (Å²) in [5.41, 5.74) is 4.57. The number of nitrogens with zero attached hydrogens (tertiary/aromatic N) is 5. The first-order valence-electron chi connectivity index (χ1n) is 11.0. The minimum Gasteiger partial charge on any atom is -0.439 e. The van der Waals surface area contributed by atoms with Crippen molar-refractivity contribution in [2.45, 2.75) is 6.92 Å². The molecule has 0 aliphatic rings. The van der Waals surface area contributed by atoms with Crippen LogP contribution in [0.25, 0.3) is 38.9 Å². The van der Waals surface area contributed by atoms with Crippen LogP contribution in [0.4, 0.5) is 0 Å². The van der Waals surface area contributed by atoms with Crippen LogP contribution >= 0.6 is 0 Å². The lowest BCUT2D eigenvalue weighted by atomic mass is 10.1. The minimum absolute atomic E-state index is 0.478. The lowest BCUT2D eigenvalue weighted by molar-refractivity contribution is 0.462. The second-order valence-corrected chi connectivity index (χ2v) is 8.10. The van der Waals surface area contributed by atoms with Crippen LogP contribution in [0.1, 0.15) is 12.6 Å². The first-order chi connectivity index (χ1) is 16.7. The van der Waals surface area contributed by atoms with Gasteiger partial charge in [0.05, 0.1) is 22.4 Å². The second kappa shape index (κ2) is 8.01. The Morgan fingerprint density at radius 3 is 2.50 bits per heavy atom. The maximum Gasteiger partial charge on any atom is 0.221 e. The highest BCUT2D eigenvalue weighted by atomic mass is 16.5. The van der Waals surface area contributed by atoms with Gasteiger partial charge >= 0.3 is 0 Å². The fraction of sp³-hybridized carbons (Fsp3) is 0.0357. The number of para-hydroxylation sites is 1. The van der Waals surface area contributed by atoms with Gasteiger partial charge in [-0.1, -0.05) is 30.8 Å². The van der Waals surface area contributed by atoms with Crippen molar-refractivity contribution in [3.8, 4) is 23.1 Å². The molecule has 6 rings (SSSR count). The lowest BCUT2D eigenvalue weighted by Gasteiger charge is -2.11. The molecule has 2 aromatic carbocycles. The number of benzene rings is 2. The van der Waals surface area contributed by atoms with E-state index in [9.17, 15) is 0 Å². The summed E-state index contributed by atoms with van der Waals surface area (Å²) < 4.78 is 10.2.